The highest BCUT2D eigenvalue weighted by molar-refractivity contribution is 7.84. The molecule has 0 amide bonds. The van der Waals surface area contributed by atoms with E-state index in [9.17, 15) is 57.3 Å². The standard InChI is InChI=1S/C19H24ClN3O2S.C19H22ClN3O2S.C18H20ClN3O3S.C17H19ClN4O6S2.C2H6O/c2*1-4-12-6-13(5-10(12)2)23-19-15(8-21-9-22-19)17(25)16-7-14(11(3)24)18(20)26-16;1-9-3-12(4-11(9)7-23)22-18-14(6-20-8-21-18)16(25)15-5-13(10(2)24)17(19)26-15;1-8(23)11-4-14(29-16(11)18)15(25)12-5-20-7-21-17(12)22-10-2-9(13(24)3-10)6-28-30(19,26)27;1-2-3/h7-13,24H,4-6H2,1-3H3,(H,21,22,23);7-10,12-13H,4-6H2,1-3H3,(H,21,22,23);5-6,8-9,11-12,23H,3-4,7H2,1-2H3,(H,20,21,22);4-5,7,9-10,13,24H,2-3,6H2,1H3,(H2,19,26,27)(H,20,21,22);3H,2H2,1H3/t10-,11?,12-,13-;10-,12-,13-;9-,11+,12-;9-,10-,13+;/m0001./s1. The molecule has 0 aliphatic heterocycles. The van der Waals surface area contributed by atoms with Crippen molar-refractivity contribution >= 4 is 166 Å². The number of ketones is 7. The molecule has 4 aliphatic carbocycles. The van der Waals surface area contributed by atoms with Crippen LogP contribution >= 0.6 is 91.8 Å². The van der Waals surface area contributed by atoms with Gasteiger partial charge in [0, 0.05) is 90.3 Å². The molecule has 1 unspecified atom stereocenters. The van der Waals surface area contributed by atoms with Gasteiger partial charge in [-0.1, -0.05) is 93.9 Å². The number of aliphatic hydroxyl groups excluding tert-OH is 4. The zero-order valence-corrected chi connectivity index (χ0v) is 69.8. The summed E-state index contributed by atoms with van der Waals surface area (Å²) in [6.07, 6.45) is 19.0. The Morgan fingerprint density at radius 3 is 1.04 bits per heavy atom. The number of hydrogen-bond acceptors (Lipinski definition) is 30. The number of aromatic nitrogens is 8. The number of Topliss-reactive ketones (excluding diaryl/α,β-unsaturated/α-hetero) is 3. The number of anilines is 4. The molecule has 0 bridgehead atoms. The second-order valence-electron chi connectivity index (χ2n) is 27.9. The molecule has 4 fully saturated rings. The summed E-state index contributed by atoms with van der Waals surface area (Å²) >= 11 is 28.7. The molecule has 4 aliphatic rings. The van der Waals surface area contributed by atoms with Crippen molar-refractivity contribution in [1.29, 1.82) is 0 Å². The Morgan fingerprint density at radius 2 is 0.775 bits per heavy atom. The van der Waals surface area contributed by atoms with Crippen LogP contribution in [0, 0.1) is 41.4 Å². The minimum atomic E-state index is -4.10. The molecule has 0 saturated heterocycles. The second kappa shape index (κ2) is 41.3. The van der Waals surface area contributed by atoms with Crippen LogP contribution in [0.5, 0.6) is 0 Å². The highest BCUT2D eigenvalue weighted by Crippen LogP contribution is 2.41. The Balaban J connectivity index is 0.000000184. The summed E-state index contributed by atoms with van der Waals surface area (Å²) in [5, 5.41) is 55.1. The van der Waals surface area contributed by atoms with Gasteiger partial charge in [0.1, 0.15) is 61.6 Å². The first kappa shape index (κ1) is 89.4. The first-order chi connectivity index (χ1) is 52.7. The van der Waals surface area contributed by atoms with Crippen LogP contribution in [0.25, 0.3) is 0 Å². The largest absolute Gasteiger partial charge is 0.397 e. The zero-order chi connectivity index (χ0) is 81.3. The van der Waals surface area contributed by atoms with Crippen LogP contribution in [0.3, 0.4) is 0 Å². The van der Waals surface area contributed by atoms with E-state index >= 15 is 0 Å². The van der Waals surface area contributed by atoms with E-state index in [0.717, 1.165) is 79.0 Å². The van der Waals surface area contributed by atoms with Crippen molar-refractivity contribution in [1.82, 2.24) is 39.9 Å². The average molecular weight is 1700 g/mol. The Kier molecular flexibility index (Phi) is 33.2. The molecule has 8 aromatic rings. The minimum absolute atomic E-state index is 0.142. The molecule has 0 radical (unpaired) electrons. The van der Waals surface area contributed by atoms with E-state index in [-0.39, 0.29) is 98.7 Å². The van der Waals surface area contributed by atoms with Crippen LogP contribution in [0.1, 0.15) is 237 Å². The maximum atomic E-state index is 13.0. The Hall–Kier alpha value is -7.12. The smallest absolute Gasteiger partial charge is 0.333 e. The molecule has 27 nitrogen and oxygen atoms in total. The van der Waals surface area contributed by atoms with Crippen molar-refractivity contribution in [2.45, 2.75) is 170 Å². The lowest BCUT2D eigenvalue weighted by atomic mass is 9.96. The van der Waals surface area contributed by atoms with Crippen molar-refractivity contribution in [3.05, 3.63) is 156 Å². The molecule has 0 spiro atoms. The summed E-state index contributed by atoms with van der Waals surface area (Å²) in [5.41, 5.74) is 2.95. The quantitative estimate of drug-likeness (QED) is 0.0227. The van der Waals surface area contributed by atoms with Gasteiger partial charge in [0.2, 0.25) is 23.1 Å². The third-order valence-corrected chi connectivity index (χ3v) is 25.9. The summed E-state index contributed by atoms with van der Waals surface area (Å²) in [6, 6.07) is 6.65. The molecule has 598 valence electrons. The summed E-state index contributed by atoms with van der Waals surface area (Å²) in [4.78, 5) is 121. The summed E-state index contributed by atoms with van der Waals surface area (Å²) in [5.74, 6) is 3.16. The molecule has 111 heavy (non-hydrogen) atoms. The van der Waals surface area contributed by atoms with Crippen LogP contribution in [0.15, 0.2) is 74.4 Å². The molecule has 4 saturated carbocycles. The van der Waals surface area contributed by atoms with Crippen molar-refractivity contribution in [2.75, 3.05) is 41.1 Å². The van der Waals surface area contributed by atoms with Gasteiger partial charge in [0.15, 0.2) is 17.3 Å². The Bertz CT molecular complexity index is 4580. The lowest BCUT2D eigenvalue weighted by molar-refractivity contribution is 0.100. The molecule has 12 rings (SSSR count). The van der Waals surface area contributed by atoms with E-state index in [2.05, 4.69) is 99.9 Å². The van der Waals surface area contributed by atoms with Crippen molar-refractivity contribution < 1.29 is 66.6 Å². The molecule has 8 heterocycles. The Labute approximate surface area is 680 Å². The lowest BCUT2D eigenvalue weighted by Crippen LogP contribution is -2.24. The number of hydrogen-bond donors (Lipinski definition) is 9. The monoisotopic (exact) mass is 1700 g/mol. The van der Waals surface area contributed by atoms with E-state index < -0.39 is 34.2 Å². The Morgan fingerprint density at radius 1 is 0.486 bits per heavy atom. The van der Waals surface area contributed by atoms with E-state index in [0.29, 0.717) is 133 Å². The first-order valence-electron chi connectivity index (χ1n) is 36.1. The van der Waals surface area contributed by atoms with Gasteiger partial charge in [-0.2, -0.15) is 8.42 Å². The number of halogens is 4. The number of thiophene rings is 4. The fraction of sp³-hybridized carbons (Fsp3) is 0.480. The summed E-state index contributed by atoms with van der Waals surface area (Å²) in [6.45, 7) is 18.8. The predicted molar refractivity (Wildman–Crippen MR) is 433 cm³/mol. The summed E-state index contributed by atoms with van der Waals surface area (Å²) < 4.78 is 27.8. The highest BCUT2D eigenvalue weighted by Gasteiger charge is 2.38. The maximum Gasteiger partial charge on any atom is 0.333 e. The fourth-order valence-electron chi connectivity index (χ4n) is 14.0. The number of nitrogens with two attached hydrogens (primary N) is 1. The number of nitrogens with one attached hydrogen (secondary N) is 4. The third-order valence-electron chi connectivity index (χ3n) is 20.0. The predicted octanol–water partition coefficient (Wildman–Crippen LogP) is 14.4. The third kappa shape index (κ3) is 24.0. The van der Waals surface area contributed by atoms with Crippen molar-refractivity contribution in [3.8, 4) is 0 Å². The normalized spacial score (nSPS) is 22.0. The van der Waals surface area contributed by atoms with Crippen LogP contribution in [-0.2, 0) is 14.5 Å². The van der Waals surface area contributed by atoms with Gasteiger partial charge < -0.3 is 41.7 Å². The van der Waals surface area contributed by atoms with Crippen LogP contribution < -0.4 is 26.4 Å². The molecular formula is C75H91Cl4N13O14S5. The van der Waals surface area contributed by atoms with Gasteiger partial charge in [-0.15, -0.1) is 45.3 Å². The van der Waals surface area contributed by atoms with Gasteiger partial charge in [-0.25, -0.2) is 45.0 Å². The van der Waals surface area contributed by atoms with Gasteiger partial charge in [0.25, 0.3) is 0 Å². The lowest BCUT2D eigenvalue weighted by Gasteiger charge is -2.15. The van der Waals surface area contributed by atoms with Crippen molar-refractivity contribution in [2.24, 2.45) is 46.6 Å². The van der Waals surface area contributed by atoms with Crippen LogP contribution in [0.2, 0.25) is 17.3 Å². The van der Waals surface area contributed by atoms with Gasteiger partial charge in [0.05, 0.1) is 64.9 Å². The number of carbonyl (C=O) groups is 7. The van der Waals surface area contributed by atoms with Crippen LogP contribution in [0.4, 0.5) is 23.3 Å². The average Bonchev–Trinajstić information content (AvgIpc) is 1.74. The SMILES string of the molecule is CC(=O)c1cc(C(=O)c2cncnc2N[C@@H]2C[C@H](CO)[C@@H](C)C2)sc1Cl.CC(=O)c1cc(C(=O)c2cncnc2N[C@@H]2C[C@H](COS(N)(=O)=O)[C@@H](O)C2)sc1Cl.CCO.CC[C@H]1C[C@@H](Nc2ncncc2C(=O)c2cc(C(C)=O)c(Cl)s2)C[C@@H]1C.CC[C@H]1C[C@@H](Nc2ncncc2C(=O)c2cc(C(C)O)c(Cl)s2)C[C@@H]1C. The van der Waals surface area contributed by atoms with Crippen LogP contribution in [-0.4, -0.2) is 159 Å². The first-order valence-corrected chi connectivity index (χ1v) is 42.3. The number of carbonyl (C=O) groups excluding carboxylic acids is 7. The van der Waals surface area contributed by atoms with Crippen molar-refractivity contribution in [3.63, 3.8) is 0 Å². The molecular weight excluding hydrogens is 1610 g/mol. The molecule has 10 N–H and O–H groups in total. The fourth-order valence-corrected chi connectivity index (χ4v) is 19.7. The van der Waals surface area contributed by atoms with E-state index in [1.807, 2.05) is 0 Å². The highest BCUT2D eigenvalue weighted by atomic mass is 35.5. The number of nitrogens with zero attached hydrogens (tertiary/aromatic N) is 8. The second-order valence-corrected chi connectivity index (χ2v) is 35.8. The molecule has 0 aromatic carbocycles. The van der Waals surface area contributed by atoms with Gasteiger partial charge >= 0.3 is 10.3 Å². The molecule has 36 heteroatoms. The number of rotatable bonds is 26. The van der Waals surface area contributed by atoms with Gasteiger partial charge in [-0.3, -0.25) is 37.7 Å². The van der Waals surface area contributed by atoms with E-state index in [1.54, 1.807) is 32.2 Å². The number of aliphatic hydroxyl groups is 4. The summed E-state index contributed by atoms with van der Waals surface area (Å²) in [7, 11) is -4.10. The van der Waals surface area contributed by atoms with E-state index in [4.69, 9.17) is 56.6 Å². The zero-order valence-electron chi connectivity index (χ0n) is 62.7. The minimum Gasteiger partial charge on any atom is -0.397 e. The van der Waals surface area contributed by atoms with Gasteiger partial charge in [-0.05, 0) is 146 Å². The topological polar surface area (TPSA) is 421 Å². The maximum absolute atomic E-state index is 13.0. The molecule has 8 aromatic heterocycles. The molecule has 13 atom stereocenters. The van der Waals surface area contributed by atoms with E-state index in [1.165, 1.54) is 94.6 Å².